The van der Waals surface area contributed by atoms with Crippen LogP contribution in [0.15, 0.2) is 18.2 Å². The second kappa shape index (κ2) is 13.4. The Bertz CT molecular complexity index is 658. The Labute approximate surface area is 182 Å². The highest BCUT2D eigenvalue weighted by Crippen LogP contribution is 2.13. The minimum Gasteiger partial charge on any atom is -0.478 e. The molecule has 0 radical (unpaired) electrons. The van der Waals surface area contributed by atoms with Crippen LogP contribution in [0.3, 0.4) is 0 Å². The Morgan fingerprint density at radius 2 is 1.52 bits per heavy atom. The average Bonchev–Trinajstić information content (AvgIpc) is 3.17. The zero-order valence-electron chi connectivity index (χ0n) is 16.3. The van der Waals surface area contributed by atoms with Crippen LogP contribution in [-0.4, -0.2) is 59.8 Å². The molecule has 10 heteroatoms. The summed E-state index contributed by atoms with van der Waals surface area (Å²) >= 11 is 0. The molecular formula is C19H29Cl2N3O5. The van der Waals surface area contributed by atoms with E-state index in [-0.39, 0.29) is 53.5 Å². The lowest BCUT2D eigenvalue weighted by Crippen LogP contribution is -2.48. The largest absolute Gasteiger partial charge is 0.478 e. The fraction of sp³-hybridized carbons (Fsp3) is 0.526. The molecule has 1 aromatic carbocycles. The van der Waals surface area contributed by atoms with E-state index in [4.69, 9.17) is 10.2 Å². The van der Waals surface area contributed by atoms with E-state index in [0.29, 0.717) is 6.04 Å². The summed E-state index contributed by atoms with van der Waals surface area (Å²) in [6.45, 7) is 4.53. The SMILES string of the molecule is Cc1c(C(=O)O)cccc1C(=O)O.Cl.Cl.O=C(NC1CCNCC1)C1CCCN1. The van der Waals surface area contributed by atoms with Gasteiger partial charge in [0.2, 0.25) is 5.91 Å². The molecule has 0 bridgehead atoms. The van der Waals surface area contributed by atoms with Gasteiger partial charge in [-0.1, -0.05) is 6.07 Å². The van der Waals surface area contributed by atoms with Crippen molar-refractivity contribution in [2.24, 2.45) is 0 Å². The molecular weight excluding hydrogens is 421 g/mol. The van der Waals surface area contributed by atoms with Crippen LogP contribution < -0.4 is 16.0 Å². The van der Waals surface area contributed by atoms with Crippen LogP contribution in [0.4, 0.5) is 0 Å². The van der Waals surface area contributed by atoms with E-state index in [1.165, 1.54) is 25.1 Å². The van der Waals surface area contributed by atoms with Gasteiger partial charge in [-0.3, -0.25) is 4.79 Å². The number of amides is 1. The van der Waals surface area contributed by atoms with Crippen molar-refractivity contribution in [2.75, 3.05) is 19.6 Å². The third-order valence-corrected chi connectivity index (χ3v) is 4.86. The predicted molar refractivity (Wildman–Crippen MR) is 115 cm³/mol. The Kier molecular flexibility index (Phi) is 12.5. The fourth-order valence-corrected chi connectivity index (χ4v) is 3.28. The average molecular weight is 450 g/mol. The maximum atomic E-state index is 11.7. The first-order chi connectivity index (χ1) is 12.9. The first kappa shape index (κ1) is 27.1. The number of hydrogen-bond acceptors (Lipinski definition) is 5. The molecule has 0 aliphatic carbocycles. The van der Waals surface area contributed by atoms with E-state index in [1.807, 2.05) is 0 Å². The summed E-state index contributed by atoms with van der Waals surface area (Å²) in [6, 6.07) is 4.64. The smallest absolute Gasteiger partial charge is 0.335 e. The molecule has 2 aliphatic heterocycles. The van der Waals surface area contributed by atoms with E-state index in [9.17, 15) is 14.4 Å². The molecule has 8 nitrogen and oxygen atoms in total. The molecule has 29 heavy (non-hydrogen) atoms. The molecule has 1 atom stereocenters. The van der Waals surface area contributed by atoms with Crippen LogP contribution in [0.25, 0.3) is 0 Å². The minimum atomic E-state index is -1.11. The van der Waals surface area contributed by atoms with Crippen molar-refractivity contribution in [3.63, 3.8) is 0 Å². The lowest BCUT2D eigenvalue weighted by molar-refractivity contribution is -0.123. The summed E-state index contributed by atoms with van der Waals surface area (Å²) in [4.78, 5) is 32.9. The second-order valence-electron chi connectivity index (χ2n) is 6.77. The van der Waals surface area contributed by atoms with E-state index >= 15 is 0 Å². The van der Waals surface area contributed by atoms with Gasteiger partial charge in [0, 0.05) is 6.04 Å². The number of benzene rings is 1. The topological polar surface area (TPSA) is 128 Å². The summed E-state index contributed by atoms with van der Waals surface area (Å²) in [5.74, 6) is -2.02. The number of carboxylic acid groups (broad SMARTS) is 2. The Balaban J connectivity index is 0.000000507. The summed E-state index contributed by atoms with van der Waals surface area (Å²) < 4.78 is 0. The normalized spacial score (nSPS) is 18.3. The molecule has 0 spiro atoms. The van der Waals surface area contributed by atoms with Gasteiger partial charge in [-0.2, -0.15) is 0 Å². The number of rotatable bonds is 4. The number of carbonyl (C=O) groups is 3. The van der Waals surface area contributed by atoms with Crippen molar-refractivity contribution in [3.05, 3.63) is 34.9 Å². The van der Waals surface area contributed by atoms with Crippen molar-refractivity contribution in [1.29, 1.82) is 0 Å². The van der Waals surface area contributed by atoms with E-state index in [0.717, 1.165) is 45.3 Å². The zero-order valence-corrected chi connectivity index (χ0v) is 17.9. The van der Waals surface area contributed by atoms with Gasteiger partial charge in [0.25, 0.3) is 0 Å². The van der Waals surface area contributed by atoms with Crippen LogP contribution in [0, 0.1) is 6.92 Å². The molecule has 0 saturated carbocycles. The highest BCUT2D eigenvalue weighted by Gasteiger charge is 2.24. The molecule has 5 N–H and O–H groups in total. The summed E-state index contributed by atoms with van der Waals surface area (Å²) in [5.41, 5.74) is 0.335. The molecule has 164 valence electrons. The van der Waals surface area contributed by atoms with Crippen molar-refractivity contribution in [2.45, 2.75) is 44.7 Å². The van der Waals surface area contributed by atoms with Gasteiger partial charge >= 0.3 is 11.9 Å². The van der Waals surface area contributed by atoms with Crippen LogP contribution in [0.1, 0.15) is 52.0 Å². The van der Waals surface area contributed by atoms with Gasteiger partial charge in [0.1, 0.15) is 0 Å². The number of aromatic carboxylic acids is 2. The molecule has 2 saturated heterocycles. The lowest BCUT2D eigenvalue weighted by atomic mass is 10.0. The Morgan fingerprint density at radius 3 is 1.97 bits per heavy atom. The molecule has 1 unspecified atom stereocenters. The van der Waals surface area contributed by atoms with Crippen molar-refractivity contribution in [3.8, 4) is 0 Å². The molecule has 1 amide bonds. The van der Waals surface area contributed by atoms with Gasteiger partial charge in [-0.25, -0.2) is 9.59 Å². The van der Waals surface area contributed by atoms with Gasteiger partial charge in [0.15, 0.2) is 0 Å². The van der Waals surface area contributed by atoms with Crippen LogP contribution >= 0.6 is 24.8 Å². The second-order valence-corrected chi connectivity index (χ2v) is 6.77. The van der Waals surface area contributed by atoms with Crippen molar-refractivity contribution >= 4 is 42.7 Å². The lowest BCUT2D eigenvalue weighted by Gasteiger charge is -2.25. The van der Waals surface area contributed by atoms with Gasteiger partial charge < -0.3 is 26.2 Å². The maximum Gasteiger partial charge on any atom is 0.335 e. The first-order valence-electron chi connectivity index (χ1n) is 9.21. The van der Waals surface area contributed by atoms with Gasteiger partial charge in [0.05, 0.1) is 17.2 Å². The molecule has 3 rings (SSSR count). The minimum absolute atomic E-state index is 0. The van der Waals surface area contributed by atoms with E-state index < -0.39 is 11.9 Å². The Hall–Kier alpha value is -1.87. The van der Waals surface area contributed by atoms with Crippen LogP contribution in [-0.2, 0) is 4.79 Å². The molecule has 2 fully saturated rings. The van der Waals surface area contributed by atoms with E-state index in [1.54, 1.807) is 0 Å². The van der Waals surface area contributed by atoms with Gasteiger partial charge in [-0.05, 0) is 69.9 Å². The molecule has 2 aliphatic rings. The van der Waals surface area contributed by atoms with Gasteiger partial charge in [-0.15, -0.1) is 24.8 Å². The quantitative estimate of drug-likeness (QED) is 0.474. The van der Waals surface area contributed by atoms with Crippen LogP contribution in [0.2, 0.25) is 0 Å². The highest BCUT2D eigenvalue weighted by atomic mass is 35.5. The standard InChI is InChI=1S/C10H19N3O.C9H8O4.2ClH/c14-10(9-2-1-5-12-9)13-8-3-6-11-7-4-8;1-5-6(8(10)11)3-2-4-7(5)9(12)13;;/h8-9,11-12H,1-7H2,(H,13,14);2-4H,1H3,(H,10,11)(H,12,13);2*1H. The third-order valence-electron chi connectivity index (χ3n) is 4.86. The Morgan fingerprint density at radius 1 is 0.966 bits per heavy atom. The monoisotopic (exact) mass is 449 g/mol. The summed E-state index contributed by atoms with van der Waals surface area (Å²) in [6.07, 6.45) is 4.26. The zero-order chi connectivity index (χ0) is 19.8. The summed E-state index contributed by atoms with van der Waals surface area (Å²) in [7, 11) is 0. The number of carbonyl (C=O) groups excluding carboxylic acids is 1. The predicted octanol–water partition coefficient (Wildman–Crippen LogP) is 1.84. The van der Waals surface area contributed by atoms with Crippen LogP contribution in [0.5, 0.6) is 0 Å². The molecule has 1 aromatic rings. The fourth-order valence-electron chi connectivity index (χ4n) is 3.28. The first-order valence-corrected chi connectivity index (χ1v) is 9.21. The summed E-state index contributed by atoms with van der Waals surface area (Å²) in [5, 5.41) is 27.0. The number of hydrogen-bond donors (Lipinski definition) is 5. The number of halogens is 2. The maximum absolute atomic E-state index is 11.7. The number of carboxylic acids is 2. The number of nitrogens with one attached hydrogen (secondary N) is 3. The number of piperidine rings is 1. The molecule has 0 aromatic heterocycles. The van der Waals surface area contributed by atoms with E-state index in [2.05, 4.69) is 16.0 Å². The van der Waals surface area contributed by atoms with Crippen molar-refractivity contribution in [1.82, 2.24) is 16.0 Å². The molecule has 2 heterocycles. The highest BCUT2D eigenvalue weighted by molar-refractivity contribution is 5.96. The van der Waals surface area contributed by atoms with Crippen molar-refractivity contribution < 1.29 is 24.6 Å². The third kappa shape index (κ3) is 8.18.